The van der Waals surface area contributed by atoms with Gasteiger partial charge in [-0.3, -0.25) is 15.2 Å². The highest BCUT2D eigenvalue weighted by Gasteiger charge is 2.26. The normalized spacial score (nSPS) is 11.7. The van der Waals surface area contributed by atoms with E-state index >= 15 is 0 Å². The molecule has 0 aliphatic carbocycles. The highest BCUT2D eigenvalue weighted by Crippen LogP contribution is 2.30. The molecule has 0 saturated carbocycles. The lowest BCUT2D eigenvalue weighted by atomic mass is 10.3. The van der Waals surface area contributed by atoms with Gasteiger partial charge in [0.15, 0.2) is 5.75 Å². The lowest BCUT2D eigenvalue weighted by Crippen LogP contribution is -2.26. The quantitative estimate of drug-likeness (QED) is 0.628. The number of aryl methyl sites for hydroxylation is 1. The number of nitrogens with one attached hydrogen (secondary N) is 1. The first-order chi connectivity index (χ1) is 10.8. The van der Waals surface area contributed by atoms with Gasteiger partial charge in [0.2, 0.25) is 10.0 Å². The Morgan fingerprint density at radius 3 is 2.65 bits per heavy atom. The van der Waals surface area contributed by atoms with Crippen molar-refractivity contribution in [3.8, 4) is 5.75 Å². The number of aromatic amines is 1. The number of H-pyrrole nitrogens is 1. The Morgan fingerprint density at radius 1 is 1.43 bits per heavy atom. The zero-order chi connectivity index (χ0) is 17.2. The third-order valence-corrected chi connectivity index (χ3v) is 5.18. The summed E-state index contributed by atoms with van der Waals surface area (Å²) in [6.45, 7) is 1.88. The second kappa shape index (κ2) is 6.34. The highest BCUT2D eigenvalue weighted by molar-refractivity contribution is 7.89. The summed E-state index contributed by atoms with van der Waals surface area (Å²) in [6, 6.07) is 3.54. The van der Waals surface area contributed by atoms with Crippen LogP contribution in [0.4, 0.5) is 5.69 Å². The molecule has 2 rings (SSSR count). The summed E-state index contributed by atoms with van der Waals surface area (Å²) < 4.78 is 31.1. The maximum atomic E-state index is 12.6. The molecule has 0 bridgehead atoms. The molecular formula is C13H16N4O5S. The van der Waals surface area contributed by atoms with Gasteiger partial charge in [0.25, 0.3) is 0 Å². The van der Waals surface area contributed by atoms with E-state index in [2.05, 4.69) is 10.2 Å². The molecule has 0 amide bonds. The number of methoxy groups -OCH3 is 1. The topological polar surface area (TPSA) is 118 Å². The number of nitro groups is 1. The van der Waals surface area contributed by atoms with E-state index in [9.17, 15) is 18.5 Å². The van der Waals surface area contributed by atoms with Gasteiger partial charge in [-0.05, 0) is 19.1 Å². The van der Waals surface area contributed by atoms with Crippen LogP contribution in [0.1, 0.15) is 11.3 Å². The van der Waals surface area contributed by atoms with E-state index in [1.54, 1.807) is 6.92 Å². The van der Waals surface area contributed by atoms with E-state index in [-0.39, 0.29) is 17.2 Å². The Bertz CT molecular complexity index is 831. The minimum Gasteiger partial charge on any atom is -0.490 e. The summed E-state index contributed by atoms with van der Waals surface area (Å²) in [5, 5.41) is 17.6. The molecule has 1 heterocycles. The van der Waals surface area contributed by atoms with Crippen molar-refractivity contribution in [1.82, 2.24) is 14.5 Å². The molecule has 0 unspecified atom stereocenters. The molecule has 1 aromatic carbocycles. The summed E-state index contributed by atoms with van der Waals surface area (Å²) in [5.74, 6) is 0.00211. The second-order valence-electron chi connectivity index (χ2n) is 4.87. The molecule has 0 spiro atoms. The van der Waals surface area contributed by atoms with Crippen LogP contribution in [0.25, 0.3) is 0 Å². The van der Waals surface area contributed by atoms with Crippen LogP contribution in [0.3, 0.4) is 0 Å². The molecule has 0 fully saturated rings. The SMILES string of the molecule is COc1ccc(S(=O)(=O)N(C)Cc2cn[nH]c2C)cc1[N+](=O)[O-]. The number of ether oxygens (including phenoxy) is 1. The Morgan fingerprint density at radius 2 is 2.13 bits per heavy atom. The number of benzene rings is 1. The molecule has 2 aromatic rings. The number of nitro benzene ring substituents is 1. The number of nitrogens with zero attached hydrogens (tertiary/aromatic N) is 3. The Kier molecular flexibility index (Phi) is 4.66. The van der Waals surface area contributed by atoms with Crippen LogP contribution in [-0.2, 0) is 16.6 Å². The van der Waals surface area contributed by atoms with Crippen molar-refractivity contribution in [2.75, 3.05) is 14.2 Å². The maximum Gasteiger partial charge on any atom is 0.312 e. The first kappa shape index (κ1) is 16.9. The predicted octanol–water partition coefficient (Wildman–Crippen LogP) is 1.46. The van der Waals surface area contributed by atoms with Crippen LogP contribution in [0.2, 0.25) is 0 Å². The van der Waals surface area contributed by atoms with E-state index in [0.717, 1.165) is 21.6 Å². The molecule has 0 saturated heterocycles. The highest BCUT2D eigenvalue weighted by atomic mass is 32.2. The van der Waals surface area contributed by atoms with Crippen molar-refractivity contribution < 1.29 is 18.1 Å². The lowest BCUT2D eigenvalue weighted by molar-refractivity contribution is -0.386. The Balaban J connectivity index is 2.37. The molecule has 10 heteroatoms. The third-order valence-electron chi connectivity index (χ3n) is 3.38. The van der Waals surface area contributed by atoms with Gasteiger partial charge in [0, 0.05) is 30.9 Å². The maximum absolute atomic E-state index is 12.6. The van der Waals surface area contributed by atoms with Gasteiger partial charge in [-0.2, -0.15) is 9.40 Å². The van der Waals surface area contributed by atoms with Crippen molar-refractivity contribution in [3.05, 3.63) is 45.8 Å². The van der Waals surface area contributed by atoms with Gasteiger partial charge >= 0.3 is 5.69 Å². The van der Waals surface area contributed by atoms with Gasteiger partial charge in [0.05, 0.1) is 23.1 Å². The fourth-order valence-electron chi connectivity index (χ4n) is 2.01. The second-order valence-corrected chi connectivity index (χ2v) is 6.92. The molecule has 0 radical (unpaired) electrons. The predicted molar refractivity (Wildman–Crippen MR) is 81.6 cm³/mol. The Labute approximate surface area is 133 Å². The summed E-state index contributed by atoms with van der Waals surface area (Å²) in [4.78, 5) is 10.2. The number of sulfonamides is 1. The van der Waals surface area contributed by atoms with Gasteiger partial charge in [-0.25, -0.2) is 8.42 Å². The van der Waals surface area contributed by atoms with Crippen molar-refractivity contribution in [2.24, 2.45) is 0 Å². The molecular weight excluding hydrogens is 324 g/mol. The summed E-state index contributed by atoms with van der Waals surface area (Å²) >= 11 is 0. The van der Waals surface area contributed by atoms with Crippen LogP contribution in [0.5, 0.6) is 5.75 Å². The van der Waals surface area contributed by atoms with E-state index in [4.69, 9.17) is 4.74 Å². The van der Waals surface area contributed by atoms with Gasteiger partial charge in [-0.15, -0.1) is 0 Å². The standard InChI is InChI=1S/C13H16N4O5S/c1-9-10(7-14-15-9)8-16(2)23(20,21)11-4-5-13(22-3)12(6-11)17(18)19/h4-7H,8H2,1-3H3,(H,14,15). The molecule has 23 heavy (non-hydrogen) atoms. The van der Waals surface area contributed by atoms with Crippen molar-refractivity contribution in [3.63, 3.8) is 0 Å². The van der Waals surface area contributed by atoms with E-state index < -0.39 is 20.6 Å². The van der Waals surface area contributed by atoms with E-state index in [1.165, 1.54) is 32.5 Å². The molecule has 0 aliphatic heterocycles. The molecule has 0 aliphatic rings. The third kappa shape index (κ3) is 3.32. The van der Waals surface area contributed by atoms with Crippen LogP contribution < -0.4 is 4.74 Å². The van der Waals surface area contributed by atoms with Crippen LogP contribution in [0.15, 0.2) is 29.3 Å². The molecule has 1 aromatic heterocycles. The zero-order valence-corrected chi connectivity index (χ0v) is 13.6. The molecule has 0 atom stereocenters. The van der Waals surface area contributed by atoms with E-state index in [0.29, 0.717) is 0 Å². The van der Waals surface area contributed by atoms with E-state index in [1.807, 2.05) is 0 Å². The smallest absolute Gasteiger partial charge is 0.312 e. The summed E-state index contributed by atoms with van der Waals surface area (Å²) in [6.07, 6.45) is 1.54. The molecule has 124 valence electrons. The van der Waals surface area contributed by atoms with Crippen LogP contribution in [-0.4, -0.2) is 42.0 Å². The fourth-order valence-corrected chi connectivity index (χ4v) is 3.18. The molecule has 9 nitrogen and oxygen atoms in total. The molecule has 1 N–H and O–H groups in total. The van der Waals surface area contributed by atoms with Gasteiger partial charge < -0.3 is 4.74 Å². The minimum atomic E-state index is -3.88. The first-order valence-corrected chi connectivity index (χ1v) is 7.99. The Hall–Kier alpha value is -2.46. The van der Waals surface area contributed by atoms with Gasteiger partial charge in [-0.1, -0.05) is 0 Å². The number of rotatable bonds is 6. The van der Waals surface area contributed by atoms with Gasteiger partial charge in [0.1, 0.15) is 0 Å². The first-order valence-electron chi connectivity index (χ1n) is 6.55. The number of aromatic nitrogens is 2. The summed E-state index contributed by atoms with van der Waals surface area (Å²) in [5.41, 5.74) is 1.08. The summed E-state index contributed by atoms with van der Waals surface area (Å²) in [7, 11) is -1.20. The fraction of sp³-hybridized carbons (Fsp3) is 0.308. The van der Waals surface area contributed by atoms with Crippen LogP contribution >= 0.6 is 0 Å². The van der Waals surface area contributed by atoms with Crippen molar-refractivity contribution >= 4 is 15.7 Å². The monoisotopic (exact) mass is 340 g/mol. The zero-order valence-electron chi connectivity index (χ0n) is 12.8. The van der Waals surface area contributed by atoms with Crippen molar-refractivity contribution in [2.45, 2.75) is 18.4 Å². The number of hydrogen-bond donors (Lipinski definition) is 1. The minimum absolute atomic E-state index is 0.00211. The van der Waals surface area contributed by atoms with Crippen molar-refractivity contribution in [1.29, 1.82) is 0 Å². The average Bonchev–Trinajstić information content (AvgIpc) is 2.91. The van der Waals surface area contributed by atoms with Crippen LogP contribution in [0, 0.1) is 17.0 Å². The largest absolute Gasteiger partial charge is 0.490 e. The lowest BCUT2D eigenvalue weighted by Gasteiger charge is -2.17. The number of hydrogen-bond acceptors (Lipinski definition) is 6. The average molecular weight is 340 g/mol.